The average Bonchev–Trinajstić information content (AvgIpc) is 2.57. The van der Waals surface area contributed by atoms with Gasteiger partial charge in [0.15, 0.2) is 0 Å². The van der Waals surface area contributed by atoms with Crippen LogP contribution in [0.2, 0.25) is 5.02 Å². The number of nitrogens with one attached hydrogen (secondary N) is 1. The zero-order valence-electron chi connectivity index (χ0n) is 14.2. The topological polar surface area (TPSA) is 35.6 Å². The molecule has 1 N–H and O–H groups in total. The lowest BCUT2D eigenvalue weighted by atomic mass is 10.1. The Balaban J connectivity index is 1.67. The van der Waals surface area contributed by atoms with E-state index < -0.39 is 0 Å². The molecule has 2 amide bonds. The van der Waals surface area contributed by atoms with Crippen LogP contribution in [-0.4, -0.2) is 54.6 Å². The predicted molar refractivity (Wildman–Crippen MR) is 96.1 cm³/mol. The summed E-state index contributed by atoms with van der Waals surface area (Å²) in [6.07, 6.45) is 3.07. The van der Waals surface area contributed by atoms with Crippen molar-refractivity contribution in [2.24, 2.45) is 0 Å². The summed E-state index contributed by atoms with van der Waals surface area (Å²) in [7, 11) is 0. The monoisotopic (exact) mass is 337 g/mol. The standard InChI is InChI=1S/C18H28ClN3O/c1-3-15(2)20-18(23)22-13-11-21(12-14-22)10-6-8-16-7-4-5-9-17(16)19/h4-5,7,9,15H,3,6,8,10-14H2,1-2H3,(H,20,23). The minimum atomic E-state index is 0.0788. The van der Waals surface area contributed by atoms with Crippen molar-refractivity contribution < 1.29 is 4.79 Å². The van der Waals surface area contributed by atoms with E-state index in [1.54, 1.807) is 0 Å². The van der Waals surface area contributed by atoms with E-state index in [-0.39, 0.29) is 12.1 Å². The predicted octanol–water partition coefficient (Wildman–Crippen LogP) is 3.40. The lowest BCUT2D eigenvalue weighted by Crippen LogP contribution is -2.53. The van der Waals surface area contributed by atoms with Crippen molar-refractivity contribution in [3.63, 3.8) is 0 Å². The Morgan fingerprint density at radius 2 is 1.96 bits per heavy atom. The molecule has 0 saturated carbocycles. The van der Waals surface area contributed by atoms with Gasteiger partial charge in [0, 0.05) is 37.2 Å². The maximum absolute atomic E-state index is 12.1. The SMILES string of the molecule is CCC(C)NC(=O)N1CCN(CCCc2ccccc2Cl)CC1. The highest BCUT2D eigenvalue weighted by molar-refractivity contribution is 6.31. The molecule has 5 heteroatoms. The van der Waals surface area contributed by atoms with Gasteiger partial charge < -0.3 is 10.2 Å². The van der Waals surface area contributed by atoms with Gasteiger partial charge >= 0.3 is 6.03 Å². The second-order valence-electron chi connectivity index (χ2n) is 6.28. The number of carbonyl (C=O) groups is 1. The Morgan fingerprint density at radius 3 is 2.61 bits per heavy atom. The van der Waals surface area contributed by atoms with Gasteiger partial charge in [0.2, 0.25) is 0 Å². The summed E-state index contributed by atoms with van der Waals surface area (Å²) in [5, 5.41) is 3.90. The fraction of sp³-hybridized carbons (Fsp3) is 0.611. The van der Waals surface area contributed by atoms with Crippen LogP contribution in [0, 0.1) is 0 Å². The first-order valence-electron chi connectivity index (χ1n) is 8.61. The first-order valence-corrected chi connectivity index (χ1v) is 8.99. The van der Waals surface area contributed by atoms with E-state index in [0.717, 1.165) is 57.0 Å². The molecule has 1 aliphatic rings. The van der Waals surface area contributed by atoms with Crippen LogP contribution in [0.25, 0.3) is 0 Å². The fourth-order valence-corrected chi connectivity index (χ4v) is 3.00. The molecule has 0 aliphatic carbocycles. The number of halogens is 1. The van der Waals surface area contributed by atoms with Crippen LogP contribution in [-0.2, 0) is 6.42 Å². The van der Waals surface area contributed by atoms with E-state index in [0.29, 0.717) is 0 Å². The molecule has 1 aromatic carbocycles. The number of piperazine rings is 1. The number of urea groups is 1. The Morgan fingerprint density at radius 1 is 1.26 bits per heavy atom. The molecule has 0 spiro atoms. The molecular weight excluding hydrogens is 310 g/mol. The Hall–Kier alpha value is -1.26. The molecule has 1 aromatic rings. The van der Waals surface area contributed by atoms with Crippen LogP contribution in [0.1, 0.15) is 32.3 Å². The molecule has 1 fully saturated rings. The van der Waals surface area contributed by atoms with Gasteiger partial charge in [0.25, 0.3) is 0 Å². The minimum absolute atomic E-state index is 0.0788. The summed E-state index contributed by atoms with van der Waals surface area (Å²) < 4.78 is 0. The smallest absolute Gasteiger partial charge is 0.317 e. The lowest BCUT2D eigenvalue weighted by molar-refractivity contribution is 0.136. The third kappa shape index (κ3) is 5.70. The van der Waals surface area contributed by atoms with Crippen molar-refractivity contribution in [3.05, 3.63) is 34.9 Å². The minimum Gasteiger partial charge on any atom is -0.336 e. The van der Waals surface area contributed by atoms with Gasteiger partial charge in [-0.25, -0.2) is 4.79 Å². The van der Waals surface area contributed by atoms with Gasteiger partial charge in [-0.15, -0.1) is 0 Å². The van der Waals surface area contributed by atoms with Gasteiger partial charge in [-0.1, -0.05) is 36.7 Å². The Bertz CT molecular complexity index is 501. The van der Waals surface area contributed by atoms with E-state index in [2.05, 4.69) is 23.2 Å². The van der Waals surface area contributed by atoms with E-state index >= 15 is 0 Å². The molecule has 128 valence electrons. The van der Waals surface area contributed by atoms with Crippen LogP contribution in [0.15, 0.2) is 24.3 Å². The van der Waals surface area contributed by atoms with Crippen molar-refractivity contribution in [2.45, 2.75) is 39.2 Å². The first-order chi connectivity index (χ1) is 11.1. The van der Waals surface area contributed by atoms with Crippen molar-refractivity contribution >= 4 is 17.6 Å². The normalized spacial score (nSPS) is 17.1. The summed E-state index contributed by atoms with van der Waals surface area (Å²) in [5.41, 5.74) is 1.22. The molecule has 0 aromatic heterocycles. The van der Waals surface area contributed by atoms with Gasteiger partial charge in [-0.2, -0.15) is 0 Å². The quantitative estimate of drug-likeness (QED) is 0.863. The summed E-state index contributed by atoms with van der Waals surface area (Å²) in [4.78, 5) is 16.5. The van der Waals surface area contributed by atoms with E-state index in [9.17, 15) is 4.79 Å². The van der Waals surface area contributed by atoms with Crippen molar-refractivity contribution in [3.8, 4) is 0 Å². The highest BCUT2D eigenvalue weighted by Gasteiger charge is 2.21. The second-order valence-corrected chi connectivity index (χ2v) is 6.69. The first kappa shape index (κ1) is 18.1. The Kier molecular flexibility index (Phi) is 7.18. The summed E-state index contributed by atoms with van der Waals surface area (Å²) >= 11 is 6.19. The van der Waals surface area contributed by atoms with Crippen LogP contribution in [0.3, 0.4) is 0 Å². The van der Waals surface area contributed by atoms with Gasteiger partial charge in [-0.05, 0) is 44.4 Å². The second kappa shape index (κ2) is 9.14. The maximum Gasteiger partial charge on any atom is 0.317 e. The molecule has 4 nitrogen and oxygen atoms in total. The van der Waals surface area contributed by atoms with Gasteiger partial charge in [0.1, 0.15) is 0 Å². The third-order valence-electron chi connectivity index (χ3n) is 4.52. The van der Waals surface area contributed by atoms with Crippen LogP contribution in [0.5, 0.6) is 0 Å². The third-order valence-corrected chi connectivity index (χ3v) is 4.89. The van der Waals surface area contributed by atoms with E-state index in [1.165, 1.54) is 5.56 Å². The van der Waals surface area contributed by atoms with Crippen LogP contribution in [0.4, 0.5) is 4.79 Å². The molecule has 1 unspecified atom stereocenters. The summed E-state index contributed by atoms with van der Waals surface area (Å²) in [5.74, 6) is 0. The summed E-state index contributed by atoms with van der Waals surface area (Å²) in [6.45, 7) is 8.73. The number of hydrogen-bond acceptors (Lipinski definition) is 2. The molecule has 0 bridgehead atoms. The largest absolute Gasteiger partial charge is 0.336 e. The highest BCUT2D eigenvalue weighted by Crippen LogP contribution is 2.16. The number of amides is 2. The Labute approximate surface area is 144 Å². The highest BCUT2D eigenvalue weighted by atomic mass is 35.5. The number of aryl methyl sites for hydroxylation is 1. The molecule has 1 aliphatic heterocycles. The number of hydrogen-bond donors (Lipinski definition) is 1. The number of rotatable bonds is 6. The number of benzene rings is 1. The molecule has 0 radical (unpaired) electrons. The molecule has 1 saturated heterocycles. The van der Waals surface area contributed by atoms with Crippen molar-refractivity contribution in [2.75, 3.05) is 32.7 Å². The van der Waals surface area contributed by atoms with Crippen LogP contribution >= 0.6 is 11.6 Å². The lowest BCUT2D eigenvalue weighted by Gasteiger charge is -2.35. The number of nitrogens with zero attached hydrogens (tertiary/aromatic N) is 2. The molecule has 1 heterocycles. The average molecular weight is 338 g/mol. The zero-order chi connectivity index (χ0) is 16.7. The van der Waals surface area contributed by atoms with Gasteiger partial charge in [-0.3, -0.25) is 4.90 Å². The summed E-state index contributed by atoms with van der Waals surface area (Å²) in [6, 6.07) is 8.38. The molecule has 23 heavy (non-hydrogen) atoms. The number of carbonyl (C=O) groups excluding carboxylic acids is 1. The molecular formula is C18H28ClN3O. The van der Waals surface area contributed by atoms with Crippen LogP contribution < -0.4 is 5.32 Å². The zero-order valence-corrected chi connectivity index (χ0v) is 15.0. The van der Waals surface area contributed by atoms with E-state index in [4.69, 9.17) is 11.6 Å². The maximum atomic E-state index is 12.1. The fourth-order valence-electron chi connectivity index (χ4n) is 2.77. The molecule has 1 atom stereocenters. The van der Waals surface area contributed by atoms with Crippen molar-refractivity contribution in [1.82, 2.24) is 15.1 Å². The van der Waals surface area contributed by atoms with Crippen molar-refractivity contribution in [1.29, 1.82) is 0 Å². The molecule has 2 rings (SSSR count). The van der Waals surface area contributed by atoms with E-state index in [1.807, 2.05) is 30.0 Å². The van der Waals surface area contributed by atoms with Gasteiger partial charge in [0.05, 0.1) is 0 Å².